The lowest BCUT2D eigenvalue weighted by atomic mass is 10.1. The van der Waals surface area contributed by atoms with Crippen molar-refractivity contribution in [2.75, 3.05) is 25.0 Å². The minimum atomic E-state index is -0.267. The zero-order valence-electron chi connectivity index (χ0n) is 17.3. The molecular weight excluding hydrogens is 398 g/mol. The van der Waals surface area contributed by atoms with E-state index >= 15 is 0 Å². The molecule has 30 heavy (non-hydrogen) atoms. The molecule has 0 spiro atoms. The SMILES string of the molecule is CCN(CC)C(=O)c1ccc(NC(=O)COc2ccc(-c3csc(C)n3)cc2)cc1. The van der Waals surface area contributed by atoms with Crippen LogP contribution in [-0.4, -0.2) is 41.4 Å². The van der Waals surface area contributed by atoms with Crippen LogP contribution in [0.15, 0.2) is 53.9 Å². The van der Waals surface area contributed by atoms with Crippen molar-refractivity contribution in [1.29, 1.82) is 0 Å². The number of nitrogens with one attached hydrogen (secondary N) is 1. The predicted molar refractivity (Wildman–Crippen MR) is 120 cm³/mol. The van der Waals surface area contributed by atoms with Crippen LogP contribution >= 0.6 is 11.3 Å². The number of ether oxygens (including phenoxy) is 1. The summed E-state index contributed by atoms with van der Waals surface area (Å²) in [6, 6.07) is 14.4. The summed E-state index contributed by atoms with van der Waals surface area (Å²) in [5.41, 5.74) is 3.16. The van der Waals surface area contributed by atoms with Gasteiger partial charge in [-0.15, -0.1) is 11.3 Å². The van der Waals surface area contributed by atoms with E-state index in [4.69, 9.17) is 4.74 Å². The topological polar surface area (TPSA) is 71.5 Å². The molecule has 0 saturated carbocycles. The Hall–Kier alpha value is -3.19. The fourth-order valence-corrected chi connectivity index (χ4v) is 3.58. The second-order valence-electron chi connectivity index (χ2n) is 6.67. The van der Waals surface area contributed by atoms with Gasteiger partial charge in [-0.25, -0.2) is 4.98 Å². The largest absolute Gasteiger partial charge is 0.484 e. The zero-order valence-corrected chi connectivity index (χ0v) is 18.2. The van der Waals surface area contributed by atoms with E-state index in [1.807, 2.05) is 50.4 Å². The Kier molecular flexibility index (Phi) is 7.19. The molecule has 3 rings (SSSR count). The number of benzene rings is 2. The Morgan fingerprint density at radius 3 is 2.27 bits per heavy atom. The number of aromatic nitrogens is 1. The highest BCUT2D eigenvalue weighted by Crippen LogP contribution is 2.23. The van der Waals surface area contributed by atoms with Gasteiger partial charge in [0.15, 0.2) is 6.61 Å². The molecule has 156 valence electrons. The summed E-state index contributed by atoms with van der Waals surface area (Å²) < 4.78 is 5.57. The van der Waals surface area contributed by atoms with Crippen LogP contribution in [0, 0.1) is 6.92 Å². The Morgan fingerprint density at radius 1 is 1.03 bits per heavy atom. The fourth-order valence-electron chi connectivity index (χ4n) is 2.95. The van der Waals surface area contributed by atoms with Gasteiger partial charge >= 0.3 is 0 Å². The first-order valence-corrected chi connectivity index (χ1v) is 10.7. The van der Waals surface area contributed by atoms with Crippen LogP contribution in [0.4, 0.5) is 5.69 Å². The first-order chi connectivity index (χ1) is 14.5. The third-order valence-corrected chi connectivity index (χ3v) is 5.38. The van der Waals surface area contributed by atoms with E-state index < -0.39 is 0 Å². The first kappa shape index (κ1) is 21.5. The van der Waals surface area contributed by atoms with Gasteiger partial charge in [0.25, 0.3) is 11.8 Å². The first-order valence-electron chi connectivity index (χ1n) is 9.84. The summed E-state index contributed by atoms with van der Waals surface area (Å²) in [4.78, 5) is 30.7. The van der Waals surface area contributed by atoms with Gasteiger partial charge < -0.3 is 15.0 Å². The van der Waals surface area contributed by atoms with Gasteiger partial charge in [-0.1, -0.05) is 0 Å². The predicted octanol–water partition coefficient (Wildman–Crippen LogP) is 4.62. The van der Waals surface area contributed by atoms with Crippen LogP contribution in [0.25, 0.3) is 11.3 Å². The number of rotatable bonds is 8. The lowest BCUT2D eigenvalue weighted by Crippen LogP contribution is -2.30. The van der Waals surface area contributed by atoms with E-state index in [2.05, 4.69) is 10.3 Å². The van der Waals surface area contributed by atoms with Crippen molar-refractivity contribution < 1.29 is 14.3 Å². The number of carbonyl (C=O) groups excluding carboxylic acids is 2. The van der Waals surface area contributed by atoms with Crippen LogP contribution < -0.4 is 10.1 Å². The van der Waals surface area contributed by atoms with E-state index in [0.29, 0.717) is 30.1 Å². The highest BCUT2D eigenvalue weighted by atomic mass is 32.1. The Labute approximate surface area is 180 Å². The van der Waals surface area contributed by atoms with E-state index in [9.17, 15) is 9.59 Å². The Bertz CT molecular complexity index is 993. The second kappa shape index (κ2) is 10.0. The molecule has 3 aromatic rings. The van der Waals surface area contributed by atoms with Gasteiger partial charge in [-0.2, -0.15) is 0 Å². The highest BCUT2D eigenvalue weighted by molar-refractivity contribution is 7.09. The number of nitrogens with zero attached hydrogens (tertiary/aromatic N) is 2. The average Bonchev–Trinajstić information content (AvgIpc) is 3.20. The van der Waals surface area contributed by atoms with Crippen molar-refractivity contribution in [2.45, 2.75) is 20.8 Å². The van der Waals surface area contributed by atoms with Crippen LogP contribution in [0.3, 0.4) is 0 Å². The van der Waals surface area contributed by atoms with E-state index in [1.54, 1.807) is 40.5 Å². The zero-order chi connectivity index (χ0) is 21.5. The molecule has 1 aromatic heterocycles. The van der Waals surface area contributed by atoms with Gasteiger partial charge in [0.2, 0.25) is 0 Å². The fraction of sp³-hybridized carbons (Fsp3) is 0.261. The molecule has 0 radical (unpaired) electrons. The van der Waals surface area contributed by atoms with Crippen molar-refractivity contribution in [1.82, 2.24) is 9.88 Å². The number of hydrogen-bond donors (Lipinski definition) is 1. The van der Waals surface area contributed by atoms with Crippen LogP contribution in [0.1, 0.15) is 29.2 Å². The number of thiazole rings is 1. The molecule has 0 saturated heterocycles. The molecule has 0 unspecified atom stereocenters. The van der Waals surface area contributed by atoms with Crippen molar-refractivity contribution >= 4 is 28.8 Å². The van der Waals surface area contributed by atoms with Gasteiger partial charge in [0, 0.05) is 35.3 Å². The maximum absolute atomic E-state index is 12.3. The van der Waals surface area contributed by atoms with Gasteiger partial charge in [-0.05, 0) is 69.3 Å². The molecular formula is C23H25N3O3S. The van der Waals surface area contributed by atoms with Crippen molar-refractivity contribution in [3.63, 3.8) is 0 Å². The molecule has 2 amide bonds. The Morgan fingerprint density at radius 2 is 1.70 bits per heavy atom. The summed E-state index contributed by atoms with van der Waals surface area (Å²) >= 11 is 1.61. The smallest absolute Gasteiger partial charge is 0.262 e. The third kappa shape index (κ3) is 5.45. The number of anilines is 1. The van der Waals surface area contributed by atoms with Crippen LogP contribution in [-0.2, 0) is 4.79 Å². The maximum Gasteiger partial charge on any atom is 0.262 e. The van der Waals surface area contributed by atoms with E-state index in [1.165, 1.54) is 0 Å². The van der Waals surface area contributed by atoms with Crippen molar-refractivity contribution in [3.05, 3.63) is 64.5 Å². The average molecular weight is 424 g/mol. The number of hydrogen-bond acceptors (Lipinski definition) is 5. The van der Waals surface area contributed by atoms with Crippen molar-refractivity contribution in [3.8, 4) is 17.0 Å². The molecule has 0 aliphatic heterocycles. The van der Waals surface area contributed by atoms with E-state index in [-0.39, 0.29) is 18.4 Å². The molecule has 0 fully saturated rings. The Balaban J connectivity index is 1.51. The minimum absolute atomic E-state index is 0.0162. The van der Waals surface area contributed by atoms with Crippen LogP contribution in [0.5, 0.6) is 5.75 Å². The highest BCUT2D eigenvalue weighted by Gasteiger charge is 2.12. The summed E-state index contributed by atoms with van der Waals surface area (Å²) in [5, 5.41) is 5.81. The quantitative estimate of drug-likeness (QED) is 0.574. The standard InChI is InChI=1S/C23H25N3O3S/c1-4-26(5-2)23(28)18-6-10-19(11-7-18)25-22(27)14-29-20-12-8-17(9-13-20)21-15-30-16(3)24-21/h6-13,15H,4-5,14H2,1-3H3,(H,25,27). The lowest BCUT2D eigenvalue weighted by molar-refractivity contribution is -0.118. The monoisotopic (exact) mass is 423 g/mol. The van der Waals surface area contributed by atoms with Gasteiger partial charge in [0.05, 0.1) is 10.7 Å². The molecule has 2 aromatic carbocycles. The minimum Gasteiger partial charge on any atom is -0.484 e. The molecule has 0 aliphatic carbocycles. The molecule has 7 heteroatoms. The third-order valence-electron chi connectivity index (χ3n) is 4.61. The van der Waals surface area contributed by atoms with Crippen molar-refractivity contribution in [2.24, 2.45) is 0 Å². The lowest BCUT2D eigenvalue weighted by Gasteiger charge is -2.18. The second-order valence-corrected chi connectivity index (χ2v) is 7.73. The van der Waals surface area contributed by atoms with Crippen LogP contribution in [0.2, 0.25) is 0 Å². The van der Waals surface area contributed by atoms with Gasteiger partial charge in [0.1, 0.15) is 5.75 Å². The maximum atomic E-state index is 12.3. The summed E-state index contributed by atoms with van der Waals surface area (Å²) in [7, 11) is 0. The molecule has 0 aliphatic rings. The number of carbonyl (C=O) groups is 2. The molecule has 6 nitrogen and oxygen atoms in total. The molecule has 0 atom stereocenters. The van der Waals surface area contributed by atoms with Gasteiger partial charge in [-0.3, -0.25) is 9.59 Å². The molecule has 1 N–H and O–H groups in total. The van der Waals surface area contributed by atoms with E-state index in [0.717, 1.165) is 16.3 Å². The summed E-state index contributed by atoms with van der Waals surface area (Å²) in [5.74, 6) is 0.329. The normalized spacial score (nSPS) is 10.5. The summed E-state index contributed by atoms with van der Waals surface area (Å²) in [6.07, 6.45) is 0. The number of amides is 2. The summed E-state index contributed by atoms with van der Waals surface area (Å²) in [6.45, 7) is 7.09. The molecule has 0 bridgehead atoms. The number of aryl methyl sites for hydroxylation is 1. The molecule has 1 heterocycles.